The maximum Gasteiger partial charge on any atom is 0.356 e. The summed E-state index contributed by atoms with van der Waals surface area (Å²) in [5.74, 6) is -1.05. The summed E-state index contributed by atoms with van der Waals surface area (Å²) >= 11 is 4.76. The van der Waals surface area contributed by atoms with Crippen molar-refractivity contribution in [1.29, 1.82) is 0 Å². The van der Waals surface area contributed by atoms with E-state index in [0.717, 1.165) is 32.3 Å². The van der Waals surface area contributed by atoms with Crippen molar-refractivity contribution < 1.29 is 25.2 Å². The molecule has 5 rings (SSSR count). The summed E-state index contributed by atoms with van der Waals surface area (Å²) in [6, 6.07) is 6.94. The molecule has 15 heteroatoms. The van der Waals surface area contributed by atoms with Gasteiger partial charge in [0, 0.05) is 26.2 Å². The number of halogens is 1. The molecule has 2 N–H and O–H groups in total. The van der Waals surface area contributed by atoms with Crippen molar-refractivity contribution in [3.05, 3.63) is 83.2 Å². The monoisotopic (exact) mass is 750 g/mol. The van der Waals surface area contributed by atoms with E-state index in [1.165, 1.54) is 47.8 Å². The number of hydrogen-bond acceptors (Lipinski definition) is 13. The van der Waals surface area contributed by atoms with Gasteiger partial charge in [-0.3, -0.25) is 9.36 Å². The van der Waals surface area contributed by atoms with Gasteiger partial charge in [-0.25, -0.2) is 34.5 Å². The molecule has 0 aliphatic heterocycles. The second kappa shape index (κ2) is 17.3. The molecule has 5 heterocycles. The van der Waals surface area contributed by atoms with Crippen molar-refractivity contribution in [3.8, 4) is 20.9 Å². The Morgan fingerprint density at radius 2 is 1.45 bits per heavy atom. The third-order valence-electron chi connectivity index (χ3n) is 5.58. The molecule has 0 saturated heterocycles. The summed E-state index contributed by atoms with van der Waals surface area (Å²) in [5.41, 5.74) is 9.48. The summed E-state index contributed by atoms with van der Waals surface area (Å²) in [6.45, 7) is 3.75. The van der Waals surface area contributed by atoms with Crippen LogP contribution >= 0.6 is 45.3 Å². The quantitative estimate of drug-likeness (QED) is 0.124. The van der Waals surface area contributed by atoms with Gasteiger partial charge >= 0.3 is 11.9 Å². The summed E-state index contributed by atoms with van der Waals surface area (Å²) in [6.07, 6.45) is 7.94. The number of carbonyl (C=O) groups excluding carboxylic acids is 3. The smallest absolute Gasteiger partial charge is 0.356 e. The van der Waals surface area contributed by atoms with E-state index in [4.69, 9.17) is 7.10 Å². The van der Waals surface area contributed by atoms with E-state index in [-0.39, 0.29) is 31.1 Å². The van der Waals surface area contributed by atoms with Crippen LogP contribution in [-0.4, -0.2) is 66.5 Å². The fourth-order valence-electron chi connectivity index (χ4n) is 3.68. The third kappa shape index (κ3) is 9.20. The minimum Gasteiger partial charge on any atom is -0.464 e. The van der Waals surface area contributed by atoms with Gasteiger partial charge in [0.2, 0.25) is 5.91 Å². The Morgan fingerprint density at radius 3 is 1.91 bits per heavy atom. The van der Waals surface area contributed by atoms with E-state index in [1.54, 1.807) is 43.0 Å². The molecule has 5 aromatic heterocycles. The predicted octanol–water partition coefficient (Wildman–Crippen LogP) is 5.95. The standard InChI is InChI=1S/C16H14N4O3S.C11H11N3O2S.CH3I.CH4/c1-10-15(11-3-4-18-12(7-11)16(22)23-2)24-13(19-10)8-14(21)20-6-5-17-9-20;1-6-9(17-11(12)14-6)7-3-4-13-8(5-7)10(15)16-2;1-2;/h3-7,9H,8H2,1-2H3;3-5H,1-2H3,(H2,12,14);1H3;1H4/i;;1D;. The zero-order valence-electron chi connectivity index (χ0n) is 24.6. The molecule has 0 aliphatic carbocycles. The second-order valence-electron chi connectivity index (χ2n) is 8.37. The van der Waals surface area contributed by atoms with Crippen LogP contribution in [0.15, 0.2) is 55.4 Å². The van der Waals surface area contributed by atoms with Gasteiger partial charge in [0.1, 0.15) is 22.7 Å². The molecule has 0 radical (unpaired) electrons. The summed E-state index contributed by atoms with van der Waals surface area (Å²) < 4.78 is 16.9. The number of hydrogen-bond donors (Lipinski definition) is 1. The van der Waals surface area contributed by atoms with Gasteiger partial charge in [0.15, 0.2) is 5.13 Å². The van der Waals surface area contributed by atoms with Crippen molar-refractivity contribution >= 4 is 68.2 Å². The molecule has 0 fully saturated rings. The van der Waals surface area contributed by atoms with E-state index in [1.807, 2.05) is 42.5 Å². The van der Waals surface area contributed by atoms with Crippen LogP contribution in [0.3, 0.4) is 0 Å². The van der Waals surface area contributed by atoms with E-state index < -0.39 is 11.9 Å². The van der Waals surface area contributed by atoms with Crippen molar-refractivity contribution in [2.24, 2.45) is 0 Å². The molecule has 5 aromatic rings. The number of rotatable bonds is 6. The number of esters is 2. The highest BCUT2D eigenvalue weighted by Gasteiger charge is 2.16. The second-order valence-corrected chi connectivity index (χ2v) is 10.5. The van der Waals surface area contributed by atoms with Gasteiger partial charge in [0.25, 0.3) is 0 Å². The molecule has 0 saturated carbocycles. The van der Waals surface area contributed by atoms with Gasteiger partial charge in [0.05, 0.1) is 41.8 Å². The first-order valence-electron chi connectivity index (χ1n) is 13.0. The number of ether oxygens (including phenoxy) is 2. The molecule has 0 amide bonds. The molecular weight excluding hydrogens is 717 g/mol. The lowest BCUT2D eigenvalue weighted by molar-refractivity contribution is 0.0585. The number of nitrogen functional groups attached to an aromatic ring is 1. The lowest BCUT2D eigenvalue weighted by Gasteiger charge is -2.01. The highest BCUT2D eigenvalue weighted by atomic mass is 127. The fraction of sp³-hybridized carbons (Fsp3) is 0.241. The number of thiazole rings is 2. The Morgan fingerprint density at radius 1 is 0.932 bits per heavy atom. The zero-order valence-corrected chi connectivity index (χ0v) is 27.4. The van der Waals surface area contributed by atoms with Crippen LogP contribution in [0, 0.1) is 13.8 Å². The molecule has 44 heavy (non-hydrogen) atoms. The number of nitrogens with zero attached hydrogens (tertiary/aromatic N) is 6. The zero-order chi connectivity index (χ0) is 32.2. The van der Waals surface area contributed by atoms with Gasteiger partial charge in [-0.1, -0.05) is 41.4 Å². The highest BCUT2D eigenvalue weighted by Crippen LogP contribution is 2.32. The normalized spacial score (nSPS) is 10.2. The summed E-state index contributed by atoms with van der Waals surface area (Å²) in [7, 11) is 2.64. The molecular formula is C29H32IN7O5S2. The number of imidazole rings is 1. The summed E-state index contributed by atoms with van der Waals surface area (Å²) in [4.78, 5) is 57.8. The fourth-order valence-corrected chi connectivity index (χ4v) is 5.57. The first kappa shape index (κ1) is 34.4. The SMILES string of the molecule is C.COC(=O)c1cc(-c2sc(CC(=O)n3ccnc3)nc2C)ccn1.COC(=O)c1cc(-c2sc(N)nc2C)ccn1.[2H]CI. The number of pyridine rings is 2. The first-order valence-corrected chi connectivity index (χ1v) is 15.4. The molecule has 232 valence electrons. The number of aryl methyl sites for hydroxylation is 2. The van der Waals surface area contributed by atoms with Crippen LogP contribution in [0.25, 0.3) is 20.9 Å². The average molecular weight is 751 g/mol. The van der Waals surface area contributed by atoms with Gasteiger partial charge < -0.3 is 15.2 Å². The van der Waals surface area contributed by atoms with Crippen LogP contribution in [-0.2, 0) is 15.9 Å². The molecule has 0 spiro atoms. The molecule has 12 nitrogen and oxygen atoms in total. The van der Waals surface area contributed by atoms with E-state index in [0.29, 0.717) is 15.0 Å². The predicted molar refractivity (Wildman–Crippen MR) is 180 cm³/mol. The van der Waals surface area contributed by atoms with Crippen molar-refractivity contribution in [2.75, 3.05) is 24.9 Å². The first-order chi connectivity index (χ1) is 21.1. The molecule has 0 bridgehead atoms. The van der Waals surface area contributed by atoms with Crippen LogP contribution < -0.4 is 5.73 Å². The lowest BCUT2D eigenvalue weighted by atomic mass is 10.2. The number of alkyl halides is 1. The van der Waals surface area contributed by atoms with Crippen LogP contribution in [0.2, 0.25) is 0 Å². The van der Waals surface area contributed by atoms with Gasteiger partial charge in [-0.2, -0.15) is 0 Å². The largest absolute Gasteiger partial charge is 0.464 e. The van der Waals surface area contributed by atoms with Crippen LogP contribution in [0.1, 0.15) is 51.0 Å². The van der Waals surface area contributed by atoms with Crippen molar-refractivity contribution in [1.82, 2.24) is 29.5 Å². The number of aromatic nitrogens is 6. The van der Waals surface area contributed by atoms with E-state index in [2.05, 4.69) is 34.4 Å². The Labute approximate surface area is 278 Å². The average Bonchev–Trinajstić information content (AvgIpc) is 3.77. The molecule has 0 atom stereocenters. The molecule has 0 aromatic carbocycles. The van der Waals surface area contributed by atoms with Gasteiger partial charge in [-0.05, 0) is 54.1 Å². The topological polar surface area (TPSA) is 165 Å². The Kier molecular flexibility index (Phi) is 13.5. The van der Waals surface area contributed by atoms with Crippen LogP contribution in [0.5, 0.6) is 0 Å². The van der Waals surface area contributed by atoms with E-state index in [9.17, 15) is 14.4 Å². The summed E-state index contributed by atoms with van der Waals surface area (Å²) in [5, 5.41) is 1.21. The van der Waals surface area contributed by atoms with E-state index >= 15 is 0 Å². The number of carbonyl (C=O) groups is 3. The minimum absolute atomic E-state index is 0. The Bertz CT molecular complexity index is 1730. The molecule has 0 aliphatic rings. The highest BCUT2D eigenvalue weighted by molar-refractivity contribution is 14.1. The van der Waals surface area contributed by atoms with Crippen LogP contribution in [0.4, 0.5) is 5.13 Å². The van der Waals surface area contributed by atoms with Crippen molar-refractivity contribution in [3.63, 3.8) is 0 Å². The number of anilines is 1. The maximum atomic E-state index is 12.1. The van der Waals surface area contributed by atoms with Crippen molar-refractivity contribution in [2.45, 2.75) is 27.7 Å². The Balaban J connectivity index is 0.000000296. The number of methoxy groups -OCH3 is 2. The van der Waals surface area contributed by atoms with Gasteiger partial charge in [-0.15, -0.1) is 11.3 Å². The number of nitrogens with two attached hydrogens (primary N) is 1. The molecule has 0 unspecified atom stereocenters. The lowest BCUT2D eigenvalue weighted by Crippen LogP contribution is -2.11. The third-order valence-corrected chi connectivity index (χ3v) is 7.82. The Hall–Kier alpha value is -4.09. The maximum absolute atomic E-state index is 12.1. The minimum atomic E-state index is -0.491.